The van der Waals surface area contributed by atoms with Gasteiger partial charge in [0.15, 0.2) is 0 Å². The second kappa shape index (κ2) is 6.91. The highest BCUT2D eigenvalue weighted by molar-refractivity contribution is 7.15. The minimum Gasteiger partial charge on any atom is -0.371 e. The summed E-state index contributed by atoms with van der Waals surface area (Å²) >= 11 is 1.30. The van der Waals surface area contributed by atoms with Gasteiger partial charge in [-0.05, 0) is 25.3 Å². The molecule has 1 N–H and O–H groups in total. The Morgan fingerprint density at radius 2 is 2.12 bits per heavy atom. The van der Waals surface area contributed by atoms with Crippen LogP contribution in [0, 0.1) is 10.1 Å². The van der Waals surface area contributed by atoms with Crippen molar-refractivity contribution in [1.29, 1.82) is 0 Å². The fourth-order valence-corrected chi connectivity index (χ4v) is 3.34. The van der Waals surface area contributed by atoms with Gasteiger partial charge in [0.2, 0.25) is 5.13 Å². The van der Waals surface area contributed by atoms with Crippen molar-refractivity contribution in [2.45, 2.75) is 26.2 Å². The zero-order valence-corrected chi connectivity index (χ0v) is 14.0. The summed E-state index contributed by atoms with van der Waals surface area (Å²) in [5, 5.41) is 22.9. The average Bonchev–Trinajstić information content (AvgIpc) is 3.25. The first kappa shape index (κ1) is 16.3. The summed E-state index contributed by atoms with van der Waals surface area (Å²) in [5.74, 6) is -0.403. The maximum atomic E-state index is 12.6. The van der Waals surface area contributed by atoms with E-state index in [1.54, 1.807) is 6.07 Å². The monoisotopic (exact) mass is 347 g/mol. The Balaban J connectivity index is 1.91. The van der Waals surface area contributed by atoms with Crippen LogP contribution in [-0.2, 0) is 6.42 Å². The lowest BCUT2D eigenvalue weighted by molar-refractivity contribution is -0.384. The van der Waals surface area contributed by atoms with Crippen molar-refractivity contribution < 1.29 is 9.72 Å². The summed E-state index contributed by atoms with van der Waals surface area (Å²) < 4.78 is 0. The Bertz CT molecular complexity index is 770. The van der Waals surface area contributed by atoms with E-state index >= 15 is 0 Å². The quantitative estimate of drug-likeness (QED) is 0.659. The SMILES string of the molecule is CCc1nnc(NC(=O)c2cc([N+](=O)[O-])ccc2N2CCCC2)s1. The van der Waals surface area contributed by atoms with Crippen molar-refractivity contribution in [2.75, 3.05) is 23.3 Å². The van der Waals surface area contributed by atoms with E-state index < -0.39 is 10.8 Å². The van der Waals surface area contributed by atoms with Gasteiger partial charge in [0.05, 0.1) is 16.2 Å². The van der Waals surface area contributed by atoms with Crippen molar-refractivity contribution in [3.05, 3.63) is 38.9 Å². The molecule has 1 fully saturated rings. The minimum atomic E-state index is -0.495. The second-order valence-corrected chi connectivity index (χ2v) is 6.52. The van der Waals surface area contributed by atoms with Crippen molar-refractivity contribution in [2.24, 2.45) is 0 Å². The van der Waals surface area contributed by atoms with E-state index in [1.807, 2.05) is 6.92 Å². The molecular weight excluding hydrogens is 330 g/mol. The number of nitro benzene ring substituents is 1. The van der Waals surface area contributed by atoms with Gasteiger partial charge in [-0.1, -0.05) is 18.3 Å². The topological polar surface area (TPSA) is 101 Å². The van der Waals surface area contributed by atoms with E-state index in [4.69, 9.17) is 0 Å². The molecule has 2 aromatic rings. The van der Waals surface area contributed by atoms with Gasteiger partial charge in [-0.25, -0.2) is 0 Å². The molecule has 126 valence electrons. The van der Waals surface area contributed by atoms with Crippen LogP contribution >= 0.6 is 11.3 Å². The number of hydrogen-bond acceptors (Lipinski definition) is 7. The van der Waals surface area contributed by atoms with E-state index in [-0.39, 0.29) is 5.69 Å². The number of rotatable bonds is 5. The zero-order valence-electron chi connectivity index (χ0n) is 13.2. The number of nitro groups is 1. The Morgan fingerprint density at radius 1 is 1.38 bits per heavy atom. The highest BCUT2D eigenvalue weighted by Gasteiger charge is 2.23. The highest BCUT2D eigenvalue weighted by Crippen LogP contribution is 2.29. The standard InChI is InChI=1S/C15H17N5O3S/c1-2-13-17-18-15(24-13)16-14(21)11-9-10(20(22)23)5-6-12(11)19-7-3-4-8-19/h5-6,9H,2-4,7-8H2,1H3,(H,16,18,21). The fraction of sp³-hybridized carbons (Fsp3) is 0.400. The predicted molar refractivity (Wildman–Crippen MR) is 91.8 cm³/mol. The zero-order chi connectivity index (χ0) is 17.1. The number of anilines is 2. The average molecular weight is 347 g/mol. The van der Waals surface area contributed by atoms with E-state index in [9.17, 15) is 14.9 Å². The fourth-order valence-electron chi connectivity index (χ4n) is 2.66. The number of aromatic nitrogens is 2. The van der Waals surface area contributed by atoms with Gasteiger partial charge < -0.3 is 4.90 Å². The van der Waals surface area contributed by atoms with E-state index in [0.29, 0.717) is 10.7 Å². The normalized spacial score (nSPS) is 14.0. The van der Waals surface area contributed by atoms with Gasteiger partial charge in [0, 0.05) is 25.2 Å². The number of amides is 1. The molecule has 1 aliphatic rings. The molecular formula is C15H17N5O3S. The third-order valence-corrected chi connectivity index (χ3v) is 4.86. The molecule has 0 atom stereocenters. The van der Waals surface area contributed by atoms with Gasteiger partial charge in [0.25, 0.3) is 11.6 Å². The van der Waals surface area contributed by atoms with Crippen molar-refractivity contribution in [1.82, 2.24) is 10.2 Å². The van der Waals surface area contributed by atoms with Crippen molar-refractivity contribution >= 4 is 33.8 Å². The Labute approximate surface area is 142 Å². The molecule has 1 amide bonds. The Hall–Kier alpha value is -2.55. The largest absolute Gasteiger partial charge is 0.371 e. The van der Waals surface area contributed by atoms with Crippen LogP contribution in [0.2, 0.25) is 0 Å². The van der Waals surface area contributed by atoms with Gasteiger partial charge in [-0.15, -0.1) is 10.2 Å². The summed E-state index contributed by atoms with van der Waals surface area (Å²) in [6.07, 6.45) is 2.84. The summed E-state index contributed by atoms with van der Waals surface area (Å²) in [4.78, 5) is 25.3. The van der Waals surface area contributed by atoms with Crippen LogP contribution in [0.5, 0.6) is 0 Å². The molecule has 1 aromatic carbocycles. The lowest BCUT2D eigenvalue weighted by Gasteiger charge is -2.20. The molecule has 0 radical (unpaired) electrons. The first-order valence-corrected chi connectivity index (χ1v) is 8.57. The van der Waals surface area contributed by atoms with Crippen LogP contribution in [0.3, 0.4) is 0 Å². The van der Waals surface area contributed by atoms with Crippen molar-refractivity contribution in [3.8, 4) is 0 Å². The van der Waals surface area contributed by atoms with Gasteiger partial charge in [-0.2, -0.15) is 0 Å². The molecule has 0 aliphatic carbocycles. The predicted octanol–water partition coefficient (Wildman–Crippen LogP) is 2.86. The number of carbonyl (C=O) groups is 1. The van der Waals surface area contributed by atoms with Crippen LogP contribution in [0.4, 0.5) is 16.5 Å². The summed E-state index contributed by atoms with van der Waals surface area (Å²) in [6, 6.07) is 4.41. The van der Waals surface area contributed by atoms with Gasteiger partial charge in [-0.3, -0.25) is 20.2 Å². The molecule has 9 heteroatoms. The third kappa shape index (κ3) is 3.35. The summed E-state index contributed by atoms with van der Waals surface area (Å²) in [6.45, 7) is 3.64. The molecule has 0 unspecified atom stereocenters. The first-order valence-electron chi connectivity index (χ1n) is 7.75. The lowest BCUT2D eigenvalue weighted by atomic mass is 10.1. The second-order valence-electron chi connectivity index (χ2n) is 5.46. The van der Waals surface area contributed by atoms with Crippen LogP contribution in [0.15, 0.2) is 18.2 Å². The number of aryl methyl sites for hydroxylation is 1. The molecule has 24 heavy (non-hydrogen) atoms. The Kier molecular flexibility index (Phi) is 4.70. The van der Waals surface area contributed by atoms with Crippen LogP contribution in [0.1, 0.15) is 35.1 Å². The molecule has 1 aromatic heterocycles. The summed E-state index contributed by atoms with van der Waals surface area (Å²) in [7, 11) is 0. The lowest BCUT2D eigenvalue weighted by Crippen LogP contribution is -2.23. The molecule has 0 spiro atoms. The maximum absolute atomic E-state index is 12.6. The number of carbonyl (C=O) groups excluding carboxylic acids is 1. The van der Waals surface area contributed by atoms with E-state index in [1.165, 1.54) is 23.5 Å². The van der Waals surface area contributed by atoms with Crippen molar-refractivity contribution in [3.63, 3.8) is 0 Å². The van der Waals surface area contributed by atoms with Crippen LogP contribution < -0.4 is 10.2 Å². The molecule has 1 saturated heterocycles. The minimum absolute atomic E-state index is 0.102. The molecule has 3 rings (SSSR count). The molecule has 0 bridgehead atoms. The van der Waals surface area contributed by atoms with Gasteiger partial charge >= 0.3 is 0 Å². The summed E-state index contributed by atoms with van der Waals surface area (Å²) in [5.41, 5.74) is 0.907. The van der Waals surface area contributed by atoms with E-state index in [2.05, 4.69) is 20.4 Å². The van der Waals surface area contributed by atoms with Crippen LogP contribution in [-0.4, -0.2) is 34.1 Å². The molecule has 0 saturated carbocycles. The smallest absolute Gasteiger partial charge is 0.270 e. The Morgan fingerprint density at radius 3 is 2.75 bits per heavy atom. The van der Waals surface area contributed by atoms with E-state index in [0.717, 1.165) is 43.0 Å². The number of non-ortho nitro benzene ring substituents is 1. The van der Waals surface area contributed by atoms with Gasteiger partial charge in [0.1, 0.15) is 5.01 Å². The highest BCUT2D eigenvalue weighted by atomic mass is 32.1. The molecule has 2 heterocycles. The molecule has 1 aliphatic heterocycles. The maximum Gasteiger partial charge on any atom is 0.270 e. The number of nitrogens with zero attached hydrogens (tertiary/aromatic N) is 4. The number of benzene rings is 1. The number of nitrogens with one attached hydrogen (secondary N) is 1. The third-order valence-electron chi connectivity index (χ3n) is 3.87. The number of hydrogen-bond donors (Lipinski definition) is 1. The molecule has 8 nitrogen and oxygen atoms in total. The van der Waals surface area contributed by atoms with Crippen LogP contribution in [0.25, 0.3) is 0 Å². The first-order chi connectivity index (χ1) is 11.6.